The Morgan fingerprint density at radius 3 is 1.33 bits per heavy atom. The van der Waals surface area contributed by atoms with Crippen LogP contribution in [0.5, 0.6) is 23.0 Å². The number of hydrogen-bond acceptors (Lipinski definition) is 10. The van der Waals surface area contributed by atoms with Crippen molar-refractivity contribution in [2.24, 2.45) is 0 Å². The van der Waals surface area contributed by atoms with Gasteiger partial charge in [0.1, 0.15) is 19.8 Å². The Morgan fingerprint density at radius 2 is 0.889 bits per heavy atom. The molecule has 0 saturated heterocycles. The van der Waals surface area contributed by atoms with Gasteiger partial charge in [-0.05, 0) is 31.2 Å². The predicted octanol–water partition coefficient (Wildman–Crippen LogP) is 2.91. The quantitative estimate of drug-likeness (QED) is 0.177. The molecule has 2 rings (SSSR count). The van der Waals surface area contributed by atoms with E-state index in [0.29, 0.717) is 82.5 Å². The normalized spacial score (nSPS) is 10.8. The van der Waals surface area contributed by atoms with Gasteiger partial charge in [-0.1, -0.05) is 24.3 Å². The second kappa shape index (κ2) is 20.6. The summed E-state index contributed by atoms with van der Waals surface area (Å²) in [6.45, 7) is 6.40. The Bertz CT molecular complexity index is 789. The van der Waals surface area contributed by atoms with Crippen molar-refractivity contribution in [2.75, 3.05) is 86.3 Å². The van der Waals surface area contributed by atoms with Crippen LogP contribution in [0.1, 0.15) is 6.92 Å². The van der Waals surface area contributed by atoms with E-state index in [2.05, 4.69) is 0 Å². The molecule has 0 aromatic heterocycles. The molecule has 0 spiro atoms. The summed E-state index contributed by atoms with van der Waals surface area (Å²) in [4.78, 5) is 0. The number of benzene rings is 2. The third-order valence-electron chi connectivity index (χ3n) is 4.43. The maximum absolute atomic E-state index is 8.88. The van der Waals surface area contributed by atoms with Gasteiger partial charge in [0.15, 0.2) is 36.6 Å². The summed E-state index contributed by atoms with van der Waals surface area (Å²) in [6.07, 6.45) is 0. The number of aliphatic hydroxyl groups is 1. The van der Waals surface area contributed by atoms with Gasteiger partial charge < -0.3 is 47.7 Å². The largest absolute Gasteiger partial charge is 0.487 e. The van der Waals surface area contributed by atoms with Crippen molar-refractivity contribution < 1.29 is 47.7 Å². The fraction of sp³-hybridized carbons (Fsp3) is 0.538. The lowest BCUT2D eigenvalue weighted by Gasteiger charge is -2.13. The highest BCUT2D eigenvalue weighted by molar-refractivity contribution is 5.40. The number of para-hydroxylation sites is 4. The minimum Gasteiger partial charge on any atom is -0.487 e. The van der Waals surface area contributed by atoms with Gasteiger partial charge in [0.25, 0.3) is 0 Å². The van der Waals surface area contributed by atoms with E-state index in [1.807, 2.05) is 49.4 Å². The van der Waals surface area contributed by atoms with Crippen LogP contribution in [0.25, 0.3) is 0 Å². The van der Waals surface area contributed by atoms with E-state index in [1.165, 1.54) is 0 Å². The fourth-order valence-electron chi connectivity index (χ4n) is 2.78. The third-order valence-corrected chi connectivity index (χ3v) is 4.43. The standard InChI is InChI=1S/C26H38O10/c1-2-28-21-32-22-36-26-10-6-5-9-25(26)35-20-18-31-16-14-29-13-15-30-17-19-34-24-8-4-3-7-23(24)33-12-11-27/h3-10,27H,2,11-22H2,1H3. The van der Waals surface area contributed by atoms with Crippen molar-refractivity contribution in [3.05, 3.63) is 48.5 Å². The van der Waals surface area contributed by atoms with Crippen LogP contribution in [0, 0.1) is 0 Å². The topological polar surface area (TPSA) is 103 Å². The molecular formula is C26H38O10. The highest BCUT2D eigenvalue weighted by Crippen LogP contribution is 2.27. The van der Waals surface area contributed by atoms with E-state index in [4.69, 9.17) is 47.7 Å². The van der Waals surface area contributed by atoms with Gasteiger partial charge in [0.2, 0.25) is 0 Å². The smallest absolute Gasteiger partial charge is 0.191 e. The SMILES string of the molecule is CCOCOCOc1ccccc1OCCOCCOCCOCCOc1ccccc1OCCO. The molecule has 0 aliphatic rings. The third kappa shape index (κ3) is 13.5. The Balaban J connectivity index is 1.42. The monoisotopic (exact) mass is 510 g/mol. The first-order valence-corrected chi connectivity index (χ1v) is 12.0. The van der Waals surface area contributed by atoms with Crippen LogP contribution in [-0.4, -0.2) is 91.4 Å². The fourth-order valence-corrected chi connectivity index (χ4v) is 2.78. The van der Waals surface area contributed by atoms with Crippen molar-refractivity contribution >= 4 is 0 Å². The number of rotatable bonds is 23. The van der Waals surface area contributed by atoms with Gasteiger partial charge in [-0.15, -0.1) is 0 Å². The maximum Gasteiger partial charge on any atom is 0.191 e. The molecule has 0 aliphatic heterocycles. The molecular weight excluding hydrogens is 472 g/mol. The molecule has 0 bridgehead atoms. The van der Waals surface area contributed by atoms with Crippen LogP contribution in [0.4, 0.5) is 0 Å². The molecule has 10 heteroatoms. The molecule has 0 atom stereocenters. The second-order valence-electron chi connectivity index (χ2n) is 7.08. The van der Waals surface area contributed by atoms with Gasteiger partial charge in [-0.25, -0.2) is 0 Å². The lowest BCUT2D eigenvalue weighted by atomic mass is 10.3. The van der Waals surface area contributed by atoms with Gasteiger partial charge >= 0.3 is 0 Å². The first kappa shape index (κ1) is 29.6. The Morgan fingerprint density at radius 1 is 0.472 bits per heavy atom. The summed E-state index contributed by atoms with van der Waals surface area (Å²) in [5.41, 5.74) is 0. The molecule has 0 heterocycles. The van der Waals surface area contributed by atoms with Crippen molar-refractivity contribution in [3.8, 4) is 23.0 Å². The first-order chi connectivity index (χ1) is 17.8. The van der Waals surface area contributed by atoms with Crippen LogP contribution in [0.3, 0.4) is 0 Å². The minimum absolute atomic E-state index is 0.0491. The molecule has 36 heavy (non-hydrogen) atoms. The zero-order valence-electron chi connectivity index (χ0n) is 20.9. The van der Waals surface area contributed by atoms with E-state index in [9.17, 15) is 0 Å². The lowest BCUT2D eigenvalue weighted by molar-refractivity contribution is -0.0965. The molecule has 0 aliphatic carbocycles. The molecule has 2 aromatic rings. The van der Waals surface area contributed by atoms with Crippen molar-refractivity contribution in [1.29, 1.82) is 0 Å². The van der Waals surface area contributed by atoms with Crippen LogP contribution < -0.4 is 18.9 Å². The van der Waals surface area contributed by atoms with Crippen LogP contribution in [0.15, 0.2) is 48.5 Å². The summed E-state index contributed by atoms with van der Waals surface area (Å²) in [5, 5.41) is 8.88. The minimum atomic E-state index is -0.0491. The highest BCUT2D eigenvalue weighted by Gasteiger charge is 2.05. The van der Waals surface area contributed by atoms with Crippen molar-refractivity contribution in [2.45, 2.75) is 6.92 Å². The van der Waals surface area contributed by atoms with E-state index >= 15 is 0 Å². The van der Waals surface area contributed by atoms with Gasteiger partial charge in [-0.3, -0.25) is 0 Å². The number of aliphatic hydroxyl groups excluding tert-OH is 1. The first-order valence-electron chi connectivity index (χ1n) is 12.0. The zero-order chi connectivity index (χ0) is 25.5. The van der Waals surface area contributed by atoms with E-state index in [1.54, 1.807) is 6.07 Å². The summed E-state index contributed by atoms with van der Waals surface area (Å²) < 4.78 is 49.2. The zero-order valence-corrected chi connectivity index (χ0v) is 20.9. The molecule has 0 radical (unpaired) electrons. The average Bonchev–Trinajstić information content (AvgIpc) is 2.91. The van der Waals surface area contributed by atoms with Crippen molar-refractivity contribution in [3.63, 3.8) is 0 Å². The maximum atomic E-state index is 8.88. The average molecular weight is 511 g/mol. The molecule has 202 valence electrons. The summed E-state index contributed by atoms with van der Waals surface area (Å²) in [5.74, 6) is 2.44. The second-order valence-corrected chi connectivity index (χ2v) is 7.08. The molecule has 1 N–H and O–H groups in total. The van der Waals surface area contributed by atoms with Crippen LogP contribution >= 0.6 is 0 Å². The van der Waals surface area contributed by atoms with Gasteiger partial charge in [-0.2, -0.15) is 0 Å². The van der Waals surface area contributed by atoms with E-state index < -0.39 is 0 Å². The summed E-state index contributed by atoms with van der Waals surface area (Å²) in [7, 11) is 0. The predicted molar refractivity (Wildman–Crippen MR) is 132 cm³/mol. The molecule has 10 nitrogen and oxygen atoms in total. The number of ether oxygens (including phenoxy) is 9. The lowest BCUT2D eigenvalue weighted by Crippen LogP contribution is -2.14. The summed E-state index contributed by atoms with van der Waals surface area (Å²) in [6, 6.07) is 14.7. The molecule has 0 unspecified atom stereocenters. The molecule has 2 aromatic carbocycles. The molecule has 0 amide bonds. The number of hydrogen-bond donors (Lipinski definition) is 1. The Labute approximate surface area is 212 Å². The van der Waals surface area contributed by atoms with Gasteiger partial charge in [0.05, 0.1) is 46.2 Å². The molecule has 0 fully saturated rings. The Kier molecular flexibility index (Phi) is 16.9. The van der Waals surface area contributed by atoms with Crippen LogP contribution in [0.2, 0.25) is 0 Å². The van der Waals surface area contributed by atoms with Crippen molar-refractivity contribution in [1.82, 2.24) is 0 Å². The highest BCUT2D eigenvalue weighted by atomic mass is 16.7. The van der Waals surface area contributed by atoms with Crippen LogP contribution in [-0.2, 0) is 23.7 Å². The van der Waals surface area contributed by atoms with E-state index in [0.717, 1.165) is 0 Å². The van der Waals surface area contributed by atoms with E-state index in [-0.39, 0.29) is 26.8 Å². The molecule has 0 saturated carbocycles. The summed E-state index contributed by atoms with van der Waals surface area (Å²) >= 11 is 0. The Hall–Kier alpha value is -2.60. The van der Waals surface area contributed by atoms with Gasteiger partial charge in [0, 0.05) is 6.61 Å².